The third kappa shape index (κ3) is 4.63. The van der Waals surface area contributed by atoms with Crippen LogP contribution in [0.1, 0.15) is 17.5 Å². The van der Waals surface area contributed by atoms with E-state index in [0.717, 1.165) is 29.8 Å². The van der Waals surface area contributed by atoms with Crippen LogP contribution in [0.3, 0.4) is 0 Å². The number of halogens is 3. The van der Waals surface area contributed by atoms with Crippen LogP contribution in [0.25, 0.3) is 0 Å². The van der Waals surface area contributed by atoms with Crippen molar-refractivity contribution in [1.82, 2.24) is 0 Å². The van der Waals surface area contributed by atoms with Gasteiger partial charge in [0, 0.05) is 6.42 Å². The van der Waals surface area contributed by atoms with Crippen molar-refractivity contribution in [3.05, 3.63) is 65.7 Å². The van der Waals surface area contributed by atoms with Crippen molar-refractivity contribution in [1.29, 1.82) is 0 Å². The Balaban J connectivity index is 1.88. The second kappa shape index (κ2) is 6.43. The SMILES string of the molecule is O=C(CCc1ccccc1)Oc1ccc(C(F)(F)F)cc1. The molecular weight excluding hydrogens is 281 g/mol. The predicted molar refractivity (Wildman–Crippen MR) is 71.8 cm³/mol. The molecule has 0 saturated carbocycles. The van der Waals surface area contributed by atoms with Gasteiger partial charge in [0.1, 0.15) is 5.75 Å². The molecule has 0 aliphatic rings. The number of hydrogen-bond acceptors (Lipinski definition) is 2. The standard InChI is InChI=1S/C16H13F3O2/c17-16(18,19)13-7-9-14(10-8-13)21-15(20)11-6-12-4-2-1-3-5-12/h1-5,7-10H,6,11H2. The molecule has 2 aromatic rings. The lowest BCUT2D eigenvalue weighted by Crippen LogP contribution is -2.09. The first-order chi connectivity index (χ1) is 9.95. The van der Waals surface area contributed by atoms with Crippen LogP contribution >= 0.6 is 0 Å². The zero-order valence-electron chi connectivity index (χ0n) is 11.1. The number of rotatable bonds is 4. The monoisotopic (exact) mass is 294 g/mol. The van der Waals surface area contributed by atoms with Crippen LogP contribution in [0.2, 0.25) is 0 Å². The third-order valence-corrected chi connectivity index (χ3v) is 2.87. The third-order valence-electron chi connectivity index (χ3n) is 2.87. The number of benzene rings is 2. The van der Waals surface area contributed by atoms with Crippen LogP contribution in [0.5, 0.6) is 5.75 Å². The number of esters is 1. The van der Waals surface area contributed by atoms with E-state index in [2.05, 4.69) is 0 Å². The van der Waals surface area contributed by atoms with Gasteiger partial charge in [-0.1, -0.05) is 30.3 Å². The normalized spacial score (nSPS) is 11.2. The largest absolute Gasteiger partial charge is 0.427 e. The van der Waals surface area contributed by atoms with Crippen LogP contribution in [-0.4, -0.2) is 5.97 Å². The highest BCUT2D eigenvalue weighted by Crippen LogP contribution is 2.30. The maximum Gasteiger partial charge on any atom is 0.416 e. The van der Waals surface area contributed by atoms with E-state index in [-0.39, 0.29) is 12.2 Å². The van der Waals surface area contributed by atoms with Crippen molar-refractivity contribution < 1.29 is 22.7 Å². The number of aryl methyl sites for hydroxylation is 1. The summed E-state index contributed by atoms with van der Waals surface area (Å²) >= 11 is 0. The van der Waals surface area contributed by atoms with Gasteiger partial charge in [-0.3, -0.25) is 4.79 Å². The molecule has 2 rings (SSSR count). The van der Waals surface area contributed by atoms with E-state index in [9.17, 15) is 18.0 Å². The summed E-state index contributed by atoms with van der Waals surface area (Å²) < 4.78 is 42.1. The Morgan fingerprint density at radius 2 is 1.57 bits per heavy atom. The Morgan fingerprint density at radius 3 is 2.14 bits per heavy atom. The molecule has 0 aliphatic carbocycles. The number of alkyl halides is 3. The molecule has 0 unspecified atom stereocenters. The molecule has 0 atom stereocenters. The lowest BCUT2D eigenvalue weighted by atomic mass is 10.1. The van der Waals surface area contributed by atoms with Crippen LogP contribution in [0.15, 0.2) is 54.6 Å². The highest BCUT2D eigenvalue weighted by atomic mass is 19.4. The van der Waals surface area contributed by atoms with Crippen LogP contribution in [0, 0.1) is 0 Å². The average Bonchev–Trinajstić information content (AvgIpc) is 2.46. The summed E-state index contributed by atoms with van der Waals surface area (Å²) in [5.41, 5.74) is 0.230. The Kier molecular flexibility index (Phi) is 4.62. The minimum absolute atomic E-state index is 0.112. The van der Waals surface area contributed by atoms with Gasteiger partial charge in [0.25, 0.3) is 0 Å². The summed E-state index contributed by atoms with van der Waals surface area (Å²) in [5.74, 6) is -0.361. The van der Waals surface area contributed by atoms with E-state index in [1.807, 2.05) is 30.3 Å². The lowest BCUT2D eigenvalue weighted by molar-refractivity contribution is -0.137. The van der Waals surface area contributed by atoms with Crippen molar-refractivity contribution in [2.24, 2.45) is 0 Å². The predicted octanol–water partition coefficient (Wildman–Crippen LogP) is 4.24. The van der Waals surface area contributed by atoms with E-state index in [1.165, 1.54) is 0 Å². The first-order valence-corrected chi connectivity index (χ1v) is 6.37. The molecule has 2 nitrogen and oxygen atoms in total. The molecule has 5 heteroatoms. The Hall–Kier alpha value is -2.30. The fourth-order valence-electron chi connectivity index (χ4n) is 1.79. The first kappa shape index (κ1) is 15.1. The van der Waals surface area contributed by atoms with E-state index >= 15 is 0 Å². The molecule has 0 saturated heterocycles. The molecule has 0 spiro atoms. The topological polar surface area (TPSA) is 26.3 Å². The Bertz CT molecular complexity index is 589. The van der Waals surface area contributed by atoms with Gasteiger partial charge in [0.05, 0.1) is 5.56 Å². The maximum atomic E-state index is 12.4. The number of hydrogen-bond donors (Lipinski definition) is 0. The highest BCUT2D eigenvalue weighted by Gasteiger charge is 2.30. The van der Waals surface area contributed by atoms with Crippen LogP contribution in [-0.2, 0) is 17.4 Å². The zero-order valence-corrected chi connectivity index (χ0v) is 11.1. The van der Waals surface area contributed by atoms with Gasteiger partial charge in [-0.15, -0.1) is 0 Å². The fraction of sp³-hybridized carbons (Fsp3) is 0.188. The smallest absolute Gasteiger partial charge is 0.416 e. The molecule has 2 aromatic carbocycles. The molecule has 21 heavy (non-hydrogen) atoms. The molecule has 0 aliphatic heterocycles. The van der Waals surface area contributed by atoms with Gasteiger partial charge in [-0.05, 0) is 36.2 Å². The summed E-state index contributed by atoms with van der Waals surface area (Å²) in [6.07, 6.45) is -3.69. The molecule has 0 aromatic heterocycles. The number of carbonyl (C=O) groups excluding carboxylic acids is 1. The second-order valence-electron chi connectivity index (χ2n) is 4.48. The quantitative estimate of drug-likeness (QED) is 0.622. The summed E-state index contributed by atoms with van der Waals surface area (Å²) in [6.45, 7) is 0. The summed E-state index contributed by atoms with van der Waals surface area (Å²) in [4.78, 5) is 11.6. The first-order valence-electron chi connectivity index (χ1n) is 6.37. The molecule has 0 fully saturated rings. The summed E-state index contributed by atoms with van der Waals surface area (Å²) in [6, 6.07) is 13.5. The maximum absolute atomic E-state index is 12.4. The van der Waals surface area contributed by atoms with E-state index < -0.39 is 17.7 Å². The summed E-state index contributed by atoms with van der Waals surface area (Å²) in [5, 5.41) is 0. The minimum Gasteiger partial charge on any atom is -0.427 e. The van der Waals surface area contributed by atoms with Gasteiger partial charge < -0.3 is 4.74 Å². The number of ether oxygens (including phenoxy) is 1. The average molecular weight is 294 g/mol. The Labute approximate surface area is 120 Å². The molecule has 0 heterocycles. The van der Waals surface area contributed by atoms with Crippen molar-refractivity contribution in [3.8, 4) is 5.75 Å². The van der Waals surface area contributed by atoms with E-state index in [1.54, 1.807) is 0 Å². The van der Waals surface area contributed by atoms with Crippen molar-refractivity contribution >= 4 is 5.97 Å². The van der Waals surface area contributed by atoms with Crippen molar-refractivity contribution in [3.63, 3.8) is 0 Å². The van der Waals surface area contributed by atoms with Crippen LogP contribution < -0.4 is 4.74 Å². The molecule has 0 radical (unpaired) electrons. The van der Waals surface area contributed by atoms with E-state index in [0.29, 0.717) is 6.42 Å². The van der Waals surface area contributed by atoms with Gasteiger partial charge >= 0.3 is 12.1 Å². The second-order valence-corrected chi connectivity index (χ2v) is 4.48. The summed E-state index contributed by atoms with van der Waals surface area (Å²) in [7, 11) is 0. The zero-order chi connectivity index (χ0) is 15.3. The Morgan fingerprint density at radius 1 is 0.952 bits per heavy atom. The van der Waals surface area contributed by atoms with Gasteiger partial charge in [0.15, 0.2) is 0 Å². The molecule has 0 N–H and O–H groups in total. The van der Waals surface area contributed by atoms with Crippen LogP contribution in [0.4, 0.5) is 13.2 Å². The van der Waals surface area contributed by atoms with Gasteiger partial charge in [0.2, 0.25) is 0 Å². The molecular formula is C16H13F3O2. The highest BCUT2D eigenvalue weighted by molar-refractivity contribution is 5.72. The minimum atomic E-state index is -4.39. The van der Waals surface area contributed by atoms with Gasteiger partial charge in [-0.25, -0.2) is 0 Å². The lowest BCUT2D eigenvalue weighted by Gasteiger charge is -2.08. The number of carbonyl (C=O) groups is 1. The van der Waals surface area contributed by atoms with Gasteiger partial charge in [-0.2, -0.15) is 13.2 Å². The fourth-order valence-corrected chi connectivity index (χ4v) is 1.79. The molecule has 110 valence electrons. The van der Waals surface area contributed by atoms with Crippen molar-refractivity contribution in [2.45, 2.75) is 19.0 Å². The van der Waals surface area contributed by atoms with E-state index in [4.69, 9.17) is 4.74 Å². The molecule has 0 amide bonds. The molecule has 0 bridgehead atoms. The van der Waals surface area contributed by atoms with Crippen molar-refractivity contribution in [2.75, 3.05) is 0 Å².